The molecule has 0 heterocycles. The number of aliphatic carboxylic acids is 3. The van der Waals surface area contributed by atoms with Crippen LogP contribution < -0.4 is 0 Å². The first-order valence-electron chi connectivity index (χ1n) is 3.30. The molecule has 0 aliphatic heterocycles. The summed E-state index contributed by atoms with van der Waals surface area (Å²) < 4.78 is 0. The molecule has 78 valence electrons. The van der Waals surface area contributed by atoms with E-state index in [2.05, 4.69) is 6.58 Å². The van der Waals surface area contributed by atoms with Crippen LogP contribution in [-0.4, -0.2) is 33.2 Å². The van der Waals surface area contributed by atoms with Gasteiger partial charge in [0.25, 0.3) is 0 Å². The first-order chi connectivity index (χ1) is 6.27. The maximum absolute atomic E-state index is 9.60. The normalized spacial score (nSPS) is 8.64. The highest BCUT2D eigenvalue weighted by Gasteiger charge is 1.90. The van der Waals surface area contributed by atoms with Crippen molar-refractivity contribution in [3.8, 4) is 0 Å². The van der Waals surface area contributed by atoms with Gasteiger partial charge in [-0.25, -0.2) is 14.4 Å². The molecule has 0 saturated heterocycles. The van der Waals surface area contributed by atoms with Gasteiger partial charge in [-0.2, -0.15) is 0 Å². The van der Waals surface area contributed by atoms with Crippen molar-refractivity contribution in [2.24, 2.45) is 0 Å². The minimum absolute atomic E-state index is 0.176. The molecule has 0 spiro atoms. The summed E-state index contributed by atoms with van der Waals surface area (Å²) in [6, 6.07) is 0. The SMILES string of the molecule is C=C(C)C(=O)O.O=C(O)/C=C\C(=O)O. The van der Waals surface area contributed by atoms with Gasteiger partial charge in [-0.3, -0.25) is 0 Å². The topological polar surface area (TPSA) is 112 Å². The molecule has 0 aliphatic rings. The van der Waals surface area contributed by atoms with E-state index in [1.807, 2.05) is 0 Å². The Morgan fingerprint density at radius 1 is 1.00 bits per heavy atom. The Hall–Kier alpha value is -2.11. The van der Waals surface area contributed by atoms with Gasteiger partial charge in [0.05, 0.1) is 0 Å². The molecule has 0 saturated carbocycles. The second-order valence-corrected chi connectivity index (χ2v) is 2.10. The second kappa shape index (κ2) is 7.53. The number of carboxylic acid groups (broad SMARTS) is 3. The molecule has 0 rings (SSSR count). The molecule has 0 aliphatic carbocycles. The minimum atomic E-state index is -1.26. The van der Waals surface area contributed by atoms with Gasteiger partial charge in [0.1, 0.15) is 0 Å². The molecular formula is C8H10O6. The third kappa shape index (κ3) is 16.5. The molecule has 0 atom stereocenters. The van der Waals surface area contributed by atoms with E-state index in [-0.39, 0.29) is 5.57 Å². The molecule has 0 fully saturated rings. The van der Waals surface area contributed by atoms with Crippen molar-refractivity contribution in [1.29, 1.82) is 0 Å². The van der Waals surface area contributed by atoms with E-state index in [1.54, 1.807) is 0 Å². The van der Waals surface area contributed by atoms with Crippen LogP contribution in [0.4, 0.5) is 0 Å². The first-order valence-corrected chi connectivity index (χ1v) is 3.30. The van der Waals surface area contributed by atoms with E-state index >= 15 is 0 Å². The van der Waals surface area contributed by atoms with Crippen molar-refractivity contribution < 1.29 is 29.7 Å². The van der Waals surface area contributed by atoms with Crippen LogP contribution in [-0.2, 0) is 14.4 Å². The summed E-state index contributed by atoms with van der Waals surface area (Å²) >= 11 is 0. The highest BCUT2D eigenvalue weighted by Crippen LogP contribution is 1.81. The summed E-state index contributed by atoms with van der Waals surface area (Å²) in [7, 11) is 0. The summed E-state index contributed by atoms with van der Waals surface area (Å²) in [6.45, 7) is 4.60. The van der Waals surface area contributed by atoms with E-state index in [4.69, 9.17) is 15.3 Å². The Labute approximate surface area is 79.8 Å². The van der Waals surface area contributed by atoms with Gasteiger partial charge in [0, 0.05) is 17.7 Å². The van der Waals surface area contributed by atoms with Crippen LogP contribution in [0.25, 0.3) is 0 Å². The van der Waals surface area contributed by atoms with Crippen LogP contribution >= 0.6 is 0 Å². The molecule has 0 aromatic carbocycles. The lowest BCUT2D eigenvalue weighted by Gasteiger charge is -1.79. The Kier molecular flexibility index (Phi) is 7.76. The molecule has 3 N–H and O–H groups in total. The summed E-state index contributed by atoms with van der Waals surface area (Å²) in [4.78, 5) is 28.7. The van der Waals surface area contributed by atoms with E-state index < -0.39 is 17.9 Å². The monoisotopic (exact) mass is 202 g/mol. The van der Waals surface area contributed by atoms with Crippen LogP contribution in [0.1, 0.15) is 6.92 Å². The molecule has 14 heavy (non-hydrogen) atoms. The molecule has 0 amide bonds. The highest BCUT2D eigenvalue weighted by atomic mass is 16.4. The van der Waals surface area contributed by atoms with E-state index in [1.165, 1.54) is 6.92 Å². The molecule has 0 aromatic rings. The van der Waals surface area contributed by atoms with E-state index in [0.717, 1.165) is 0 Å². The molecule has 6 heteroatoms. The zero-order valence-electron chi connectivity index (χ0n) is 7.43. The lowest BCUT2D eigenvalue weighted by molar-refractivity contribution is -0.134. The van der Waals surface area contributed by atoms with Crippen LogP contribution in [0.3, 0.4) is 0 Å². The quantitative estimate of drug-likeness (QED) is 0.569. The van der Waals surface area contributed by atoms with Crippen molar-refractivity contribution in [3.63, 3.8) is 0 Å². The van der Waals surface area contributed by atoms with Gasteiger partial charge < -0.3 is 15.3 Å². The van der Waals surface area contributed by atoms with Crippen molar-refractivity contribution in [3.05, 3.63) is 24.3 Å². The van der Waals surface area contributed by atoms with E-state index in [0.29, 0.717) is 12.2 Å². The number of carboxylic acids is 3. The second-order valence-electron chi connectivity index (χ2n) is 2.10. The number of hydrogen-bond acceptors (Lipinski definition) is 3. The fourth-order valence-electron chi connectivity index (χ4n) is 0.143. The van der Waals surface area contributed by atoms with Gasteiger partial charge in [-0.1, -0.05) is 6.58 Å². The number of carbonyl (C=O) groups is 3. The molecule has 0 unspecified atom stereocenters. The average Bonchev–Trinajstić information content (AvgIpc) is 2.01. The zero-order chi connectivity index (χ0) is 11.7. The minimum Gasteiger partial charge on any atom is -0.478 e. The Balaban J connectivity index is 0. The van der Waals surface area contributed by atoms with Gasteiger partial charge in [-0.15, -0.1) is 0 Å². The predicted octanol–water partition coefficient (Wildman–Crippen LogP) is 0.359. The first kappa shape index (κ1) is 14.4. The summed E-state index contributed by atoms with van der Waals surface area (Å²) in [5, 5.41) is 23.5. The standard InChI is InChI=1S/C4H4O4.C4H6O2/c5-3(6)1-2-4(7)8;1-3(2)4(5)6/h1-2H,(H,5,6)(H,7,8);1H2,2H3,(H,5,6)/b2-1-;. The summed E-state index contributed by atoms with van der Waals surface area (Å²) in [5.41, 5.74) is 0.176. The molecule has 0 radical (unpaired) electrons. The predicted molar refractivity (Wildman–Crippen MR) is 46.9 cm³/mol. The largest absolute Gasteiger partial charge is 0.478 e. The van der Waals surface area contributed by atoms with Gasteiger partial charge in [0.15, 0.2) is 0 Å². The van der Waals surface area contributed by atoms with Gasteiger partial charge in [-0.05, 0) is 6.92 Å². The maximum atomic E-state index is 9.60. The molecule has 6 nitrogen and oxygen atoms in total. The van der Waals surface area contributed by atoms with Crippen molar-refractivity contribution >= 4 is 17.9 Å². The van der Waals surface area contributed by atoms with Gasteiger partial charge >= 0.3 is 17.9 Å². The fourth-order valence-corrected chi connectivity index (χ4v) is 0.143. The van der Waals surface area contributed by atoms with Gasteiger partial charge in [0.2, 0.25) is 0 Å². The molecule has 0 aromatic heterocycles. The Morgan fingerprint density at radius 3 is 1.29 bits per heavy atom. The third-order valence-electron chi connectivity index (χ3n) is 0.734. The smallest absolute Gasteiger partial charge is 0.330 e. The Bertz CT molecular complexity index is 248. The van der Waals surface area contributed by atoms with Crippen molar-refractivity contribution in [2.75, 3.05) is 0 Å². The lowest BCUT2D eigenvalue weighted by atomic mass is 10.4. The van der Waals surface area contributed by atoms with Crippen LogP contribution in [0.15, 0.2) is 24.3 Å². The Morgan fingerprint density at radius 2 is 1.21 bits per heavy atom. The number of hydrogen-bond donors (Lipinski definition) is 3. The molecular weight excluding hydrogens is 192 g/mol. The summed E-state index contributed by atoms with van der Waals surface area (Å²) in [6.07, 6.45) is 1.12. The van der Waals surface area contributed by atoms with Crippen LogP contribution in [0.5, 0.6) is 0 Å². The zero-order valence-corrected chi connectivity index (χ0v) is 7.43. The fraction of sp³-hybridized carbons (Fsp3) is 0.125. The van der Waals surface area contributed by atoms with Crippen molar-refractivity contribution in [1.82, 2.24) is 0 Å². The van der Waals surface area contributed by atoms with E-state index in [9.17, 15) is 14.4 Å². The third-order valence-corrected chi connectivity index (χ3v) is 0.734. The average molecular weight is 202 g/mol. The van der Waals surface area contributed by atoms with Crippen molar-refractivity contribution in [2.45, 2.75) is 6.92 Å². The van der Waals surface area contributed by atoms with Crippen LogP contribution in [0.2, 0.25) is 0 Å². The number of rotatable bonds is 3. The maximum Gasteiger partial charge on any atom is 0.330 e. The summed E-state index contributed by atoms with van der Waals surface area (Å²) in [5.74, 6) is -3.45. The highest BCUT2D eigenvalue weighted by molar-refractivity contribution is 5.89. The van der Waals surface area contributed by atoms with Crippen LogP contribution in [0, 0.1) is 0 Å². The molecule has 0 bridgehead atoms. The lowest BCUT2D eigenvalue weighted by Crippen LogP contribution is -1.92.